The van der Waals surface area contributed by atoms with Gasteiger partial charge in [-0.2, -0.15) is 5.10 Å². The molecule has 182 valence electrons. The lowest BCUT2D eigenvalue weighted by molar-refractivity contribution is -0.121. The van der Waals surface area contributed by atoms with E-state index in [1.165, 1.54) is 12.1 Å². The summed E-state index contributed by atoms with van der Waals surface area (Å²) in [5.74, 6) is 0.192. The number of benzene rings is 2. The highest BCUT2D eigenvalue weighted by molar-refractivity contribution is 5.85. The number of para-hydroxylation sites is 1. The molecular formula is C27H29FN4O3. The van der Waals surface area contributed by atoms with Crippen molar-refractivity contribution in [3.05, 3.63) is 87.1 Å². The normalized spacial score (nSPS) is 11.1. The Labute approximate surface area is 203 Å². The van der Waals surface area contributed by atoms with Crippen LogP contribution < -0.4 is 15.6 Å². The van der Waals surface area contributed by atoms with Crippen molar-refractivity contribution in [1.29, 1.82) is 0 Å². The molecule has 35 heavy (non-hydrogen) atoms. The van der Waals surface area contributed by atoms with Crippen LogP contribution in [-0.2, 0) is 24.3 Å². The van der Waals surface area contributed by atoms with Gasteiger partial charge in [0.1, 0.15) is 17.2 Å². The molecule has 2 aromatic heterocycles. The van der Waals surface area contributed by atoms with Gasteiger partial charge in [0.15, 0.2) is 0 Å². The minimum Gasteiger partial charge on any atom is -0.496 e. The second-order valence-electron chi connectivity index (χ2n) is 8.42. The van der Waals surface area contributed by atoms with Gasteiger partial charge in [-0.25, -0.2) is 9.07 Å². The van der Waals surface area contributed by atoms with Crippen molar-refractivity contribution in [3.63, 3.8) is 0 Å². The Morgan fingerprint density at radius 2 is 1.91 bits per heavy atom. The van der Waals surface area contributed by atoms with E-state index in [1.807, 2.05) is 45.0 Å². The number of carbonyl (C=O) groups excluding carboxylic acids is 1. The molecule has 0 aliphatic rings. The van der Waals surface area contributed by atoms with Gasteiger partial charge < -0.3 is 10.1 Å². The minimum atomic E-state index is -0.373. The topological polar surface area (TPSA) is 78.2 Å². The summed E-state index contributed by atoms with van der Waals surface area (Å²) in [4.78, 5) is 26.1. The number of nitrogens with one attached hydrogen (secondary N) is 1. The molecule has 0 aliphatic heterocycles. The summed E-state index contributed by atoms with van der Waals surface area (Å²) in [5, 5.41) is 8.38. The zero-order chi connectivity index (χ0) is 25.1. The molecule has 2 aromatic carbocycles. The first-order valence-electron chi connectivity index (χ1n) is 11.6. The van der Waals surface area contributed by atoms with E-state index in [2.05, 4.69) is 10.4 Å². The van der Waals surface area contributed by atoms with E-state index >= 15 is 0 Å². The van der Waals surface area contributed by atoms with E-state index in [1.54, 1.807) is 28.5 Å². The molecule has 0 radical (unpaired) electrons. The number of amides is 1. The Morgan fingerprint density at radius 1 is 1.14 bits per heavy atom. The molecule has 0 saturated heterocycles. The number of carbonyl (C=O) groups is 1. The number of nitrogens with zero attached hydrogens (tertiary/aromatic N) is 3. The lowest BCUT2D eigenvalue weighted by Crippen LogP contribution is -2.28. The molecule has 0 atom stereocenters. The third-order valence-corrected chi connectivity index (χ3v) is 6.26. The number of hydrogen-bond donors (Lipinski definition) is 1. The summed E-state index contributed by atoms with van der Waals surface area (Å²) < 4.78 is 22.5. The number of halogens is 1. The Bertz CT molecular complexity index is 1460. The number of hydrogen-bond acceptors (Lipinski definition) is 4. The largest absolute Gasteiger partial charge is 0.496 e. The van der Waals surface area contributed by atoms with Crippen LogP contribution in [0.5, 0.6) is 5.75 Å². The fourth-order valence-corrected chi connectivity index (χ4v) is 4.52. The van der Waals surface area contributed by atoms with Crippen molar-refractivity contribution in [2.75, 3.05) is 7.11 Å². The van der Waals surface area contributed by atoms with Crippen LogP contribution in [0.4, 0.5) is 4.39 Å². The molecule has 8 heteroatoms. The van der Waals surface area contributed by atoms with Gasteiger partial charge in [-0.05, 0) is 57.0 Å². The first-order chi connectivity index (χ1) is 16.8. The van der Waals surface area contributed by atoms with Crippen LogP contribution in [0, 0.1) is 19.7 Å². The molecule has 2 heterocycles. The number of aromatic nitrogens is 3. The number of fused-ring (bicyclic) bond motifs is 1. The summed E-state index contributed by atoms with van der Waals surface area (Å²) in [7, 11) is 1.59. The van der Waals surface area contributed by atoms with Crippen LogP contribution in [0.1, 0.15) is 35.7 Å². The minimum absolute atomic E-state index is 0.148. The molecule has 0 unspecified atom stereocenters. The molecule has 0 aliphatic carbocycles. The van der Waals surface area contributed by atoms with Gasteiger partial charge in [0.2, 0.25) is 5.91 Å². The molecule has 0 bridgehead atoms. The molecule has 0 fully saturated rings. The average Bonchev–Trinajstić information content (AvgIpc) is 3.20. The van der Waals surface area contributed by atoms with Gasteiger partial charge in [-0.3, -0.25) is 14.2 Å². The summed E-state index contributed by atoms with van der Waals surface area (Å²) in [6.45, 7) is 6.41. The van der Waals surface area contributed by atoms with Gasteiger partial charge in [0.05, 0.1) is 18.5 Å². The molecule has 0 spiro atoms. The zero-order valence-corrected chi connectivity index (χ0v) is 20.4. The summed E-state index contributed by atoms with van der Waals surface area (Å²) >= 11 is 0. The van der Waals surface area contributed by atoms with Crippen LogP contribution in [-0.4, -0.2) is 27.4 Å². The summed E-state index contributed by atoms with van der Waals surface area (Å²) in [5.41, 5.74) is 4.03. The van der Waals surface area contributed by atoms with Crippen molar-refractivity contribution >= 4 is 16.9 Å². The highest BCUT2D eigenvalue weighted by Crippen LogP contribution is 2.26. The lowest BCUT2D eigenvalue weighted by Gasteiger charge is -2.15. The fraction of sp³-hybridized carbons (Fsp3) is 0.296. The van der Waals surface area contributed by atoms with Crippen molar-refractivity contribution in [1.82, 2.24) is 19.7 Å². The van der Waals surface area contributed by atoms with Gasteiger partial charge in [0, 0.05) is 36.0 Å². The number of pyridine rings is 1. The van der Waals surface area contributed by atoms with Crippen molar-refractivity contribution in [2.45, 2.75) is 46.7 Å². The van der Waals surface area contributed by atoms with Crippen molar-refractivity contribution < 1.29 is 13.9 Å². The highest BCUT2D eigenvalue weighted by Gasteiger charge is 2.21. The van der Waals surface area contributed by atoms with E-state index in [0.29, 0.717) is 42.2 Å². The number of rotatable bonds is 8. The van der Waals surface area contributed by atoms with E-state index < -0.39 is 0 Å². The number of methoxy groups -OCH3 is 1. The first kappa shape index (κ1) is 24.2. The highest BCUT2D eigenvalue weighted by atomic mass is 19.1. The number of aryl methyl sites for hydroxylation is 3. The lowest BCUT2D eigenvalue weighted by atomic mass is 10.0. The van der Waals surface area contributed by atoms with Crippen molar-refractivity contribution in [2.24, 2.45) is 0 Å². The second-order valence-corrected chi connectivity index (χ2v) is 8.42. The Balaban J connectivity index is 1.63. The molecule has 4 aromatic rings. The average molecular weight is 477 g/mol. The quantitative estimate of drug-likeness (QED) is 0.413. The van der Waals surface area contributed by atoms with Crippen LogP contribution in [0.3, 0.4) is 0 Å². The van der Waals surface area contributed by atoms with Gasteiger partial charge >= 0.3 is 0 Å². The van der Waals surface area contributed by atoms with Crippen LogP contribution in [0.15, 0.2) is 53.3 Å². The maximum Gasteiger partial charge on any atom is 0.255 e. The van der Waals surface area contributed by atoms with Crippen LogP contribution >= 0.6 is 0 Å². The Kier molecular flexibility index (Phi) is 7.00. The predicted octanol–water partition coefficient (Wildman–Crippen LogP) is 4.22. The van der Waals surface area contributed by atoms with Crippen molar-refractivity contribution in [3.8, 4) is 11.4 Å². The standard InChI is InChI=1S/C27H29FN4O3/c1-5-31-26-25(18(3)30-32(26)21-11-8-10-20(28)15-21)17(2)22(27(31)34)13-14-24(33)29-16-19-9-6-7-12-23(19)35-4/h6-12,15H,5,13-14,16H2,1-4H3,(H,29,33). The van der Waals surface area contributed by atoms with E-state index in [-0.39, 0.29) is 23.7 Å². The van der Waals surface area contributed by atoms with Crippen LogP contribution in [0.2, 0.25) is 0 Å². The van der Waals surface area contributed by atoms with Gasteiger partial charge in [-0.15, -0.1) is 0 Å². The molecule has 1 amide bonds. The molecule has 7 nitrogen and oxygen atoms in total. The maximum absolute atomic E-state index is 13.9. The SMILES string of the molecule is CCn1c(=O)c(CCC(=O)NCc2ccccc2OC)c(C)c2c(C)nn(-c3cccc(F)c3)c21. The van der Waals surface area contributed by atoms with Crippen LogP contribution in [0.25, 0.3) is 16.7 Å². The van der Waals surface area contributed by atoms with E-state index in [9.17, 15) is 14.0 Å². The first-order valence-corrected chi connectivity index (χ1v) is 11.6. The third-order valence-electron chi connectivity index (χ3n) is 6.26. The molecule has 0 saturated carbocycles. The van der Waals surface area contributed by atoms with E-state index in [4.69, 9.17) is 4.74 Å². The smallest absolute Gasteiger partial charge is 0.255 e. The van der Waals surface area contributed by atoms with Gasteiger partial charge in [-0.1, -0.05) is 24.3 Å². The predicted molar refractivity (Wildman–Crippen MR) is 134 cm³/mol. The number of ether oxygens (including phenoxy) is 1. The van der Waals surface area contributed by atoms with E-state index in [0.717, 1.165) is 22.2 Å². The molecule has 4 rings (SSSR count). The Hall–Kier alpha value is -3.94. The third kappa shape index (κ3) is 4.69. The zero-order valence-electron chi connectivity index (χ0n) is 20.4. The summed E-state index contributed by atoms with van der Waals surface area (Å²) in [6, 6.07) is 13.7. The molecule has 1 N–H and O–H groups in total. The summed E-state index contributed by atoms with van der Waals surface area (Å²) in [6.07, 6.45) is 0.487. The maximum atomic E-state index is 13.9. The monoisotopic (exact) mass is 476 g/mol. The fourth-order valence-electron chi connectivity index (χ4n) is 4.52. The molecular weight excluding hydrogens is 447 g/mol. The second kappa shape index (κ2) is 10.1. The Morgan fingerprint density at radius 3 is 2.63 bits per heavy atom. The van der Waals surface area contributed by atoms with Gasteiger partial charge in [0.25, 0.3) is 5.56 Å².